The van der Waals surface area contributed by atoms with Crippen LogP contribution in [0.4, 0.5) is 0 Å². The Kier molecular flexibility index (Phi) is 5.11. The van der Waals surface area contributed by atoms with Gasteiger partial charge in [-0.2, -0.15) is 0 Å². The summed E-state index contributed by atoms with van der Waals surface area (Å²) >= 11 is 9.39. The first-order chi connectivity index (χ1) is 8.75. The number of hydrogen-bond donors (Lipinski definition) is 1. The molecule has 0 bridgehead atoms. The van der Waals surface area contributed by atoms with Crippen LogP contribution in [0.2, 0.25) is 5.02 Å². The number of nitrogens with one attached hydrogen (secondary N) is 1. The van der Waals surface area contributed by atoms with Crippen LogP contribution < -0.4 is 10.1 Å². The summed E-state index contributed by atoms with van der Waals surface area (Å²) in [6.07, 6.45) is 3.38. The normalized spacial score (nSPS) is 10.6. The van der Waals surface area contributed by atoms with Gasteiger partial charge in [-0.3, -0.25) is 0 Å². The van der Waals surface area contributed by atoms with Crippen LogP contribution in [-0.4, -0.2) is 13.2 Å². The van der Waals surface area contributed by atoms with E-state index < -0.39 is 0 Å². The van der Waals surface area contributed by atoms with Crippen molar-refractivity contribution in [3.63, 3.8) is 0 Å². The smallest absolute Gasteiger partial charge is 0.138 e. The van der Waals surface area contributed by atoms with Gasteiger partial charge in [-0.05, 0) is 24.3 Å². The highest BCUT2D eigenvalue weighted by atomic mass is 79.9. The van der Waals surface area contributed by atoms with E-state index in [2.05, 4.69) is 21.2 Å². The number of ether oxygens (including phenoxy) is 1. The van der Waals surface area contributed by atoms with E-state index in [0.29, 0.717) is 17.4 Å². The van der Waals surface area contributed by atoms with Gasteiger partial charge in [0, 0.05) is 23.1 Å². The molecule has 1 aromatic heterocycles. The molecule has 1 aromatic carbocycles. The van der Waals surface area contributed by atoms with E-state index in [9.17, 15) is 0 Å². The van der Waals surface area contributed by atoms with Crippen molar-refractivity contribution in [2.45, 2.75) is 6.54 Å². The number of hydrogen-bond acceptors (Lipinski definition) is 3. The highest BCUT2D eigenvalue weighted by Gasteiger charge is 2.01. The van der Waals surface area contributed by atoms with Crippen molar-refractivity contribution < 1.29 is 9.15 Å². The highest BCUT2D eigenvalue weighted by molar-refractivity contribution is 9.10. The molecule has 5 heteroatoms. The third-order valence-corrected chi connectivity index (χ3v) is 3.13. The summed E-state index contributed by atoms with van der Waals surface area (Å²) in [6.45, 7) is 2.09. The molecule has 0 aliphatic rings. The van der Waals surface area contributed by atoms with Crippen LogP contribution in [0.15, 0.2) is 45.7 Å². The van der Waals surface area contributed by atoms with E-state index in [1.165, 1.54) is 0 Å². The third kappa shape index (κ3) is 4.05. The summed E-state index contributed by atoms with van der Waals surface area (Å²) in [6, 6.07) is 7.50. The van der Waals surface area contributed by atoms with Crippen LogP contribution in [0.25, 0.3) is 0 Å². The molecule has 0 saturated carbocycles. The monoisotopic (exact) mass is 329 g/mol. The fraction of sp³-hybridized carbons (Fsp3) is 0.231. The summed E-state index contributed by atoms with van der Waals surface area (Å²) in [7, 11) is 0. The molecule has 1 heterocycles. The lowest BCUT2D eigenvalue weighted by Gasteiger charge is -2.08. The van der Waals surface area contributed by atoms with Crippen molar-refractivity contribution in [1.29, 1.82) is 0 Å². The molecule has 0 amide bonds. The SMILES string of the molecule is Clc1cc(Br)ccc1OCCNCc1ccoc1. The molecule has 0 saturated heterocycles. The predicted molar refractivity (Wildman–Crippen MR) is 75.1 cm³/mol. The van der Waals surface area contributed by atoms with E-state index in [-0.39, 0.29) is 0 Å². The van der Waals surface area contributed by atoms with E-state index in [1.807, 2.05) is 24.3 Å². The molecule has 0 fully saturated rings. The Bertz CT molecular complexity index is 488. The second-order valence-corrected chi connectivity index (χ2v) is 5.05. The maximum atomic E-state index is 6.04. The molecule has 18 heavy (non-hydrogen) atoms. The minimum absolute atomic E-state index is 0.569. The Morgan fingerprint density at radius 1 is 1.33 bits per heavy atom. The molecule has 0 atom stereocenters. The molecule has 0 spiro atoms. The Morgan fingerprint density at radius 3 is 2.94 bits per heavy atom. The summed E-state index contributed by atoms with van der Waals surface area (Å²) in [5, 5.41) is 3.86. The zero-order valence-electron chi connectivity index (χ0n) is 9.66. The topological polar surface area (TPSA) is 34.4 Å². The quantitative estimate of drug-likeness (QED) is 0.817. The molecule has 0 unspecified atom stereocenters. The van der Waals surface area contributed by atoms with Crippen LogP contribution in [0.3, 0.4) is 0 Å². The van der Waals surface area contributed by atoms with Gasteiger partial charge in [-0.15, -0.1) is 0 Å². The van der Waals surface area contributed by atoms with Crippen LogP contribution in [0, 0.1) is 0 Å². The van der Waals surface area contributed by atoms with Crippen LogP contribution in [0.5, 0.6) is 5.75 Å². The number of rotatable bonds is 6. The number of halogens is 2. The van der Waals surface area contributed by atoms with Gasteiger partial charge in [0.1, 0.15) is 12.4 Å². The molecule has 1 N–H and O–H groups in total. The third-order valence-electron chi connectivity index (χ3n) is 2.34. The van der Waals surface area contributed by atoms with Crippen LogP contribution in [-0.2, 0) is 6.54 Å². The minimum Gasteiger partial charge on any atom is -0.491 e. The Morgan fingerprint density at radius 2 is 2.22 bits per heavy atom. The van der Waals surface area contributed by atoms with E-state index in [4.69, 9.17) is 20.8 Å². The lowest BCUT2D eigenvalue weighted by atomic mass is 10.3. The maximum absolute atomic E-state index is 6.04. The predicted octanol–water partition coefficient (Wildman–Crippen LogP) is 3.86. The van der Waals surface area contributed by atoms with E-state index in [1.54, 1.807) is 12.5 Å². The second kappa shape index (κ2) is 6.83. The maximum Gasteiger partial charge on any atom is 0.138 e. The van der Waals surface area contributed by atoms with Crippen molar-refractivity contribution in [2.24, 2.45) is 0 Å². The summed E-state index contributed by atoms with van der Waals surface area (Å²) in [5.74, 6) is 0.699. The molecular formula is C13H13BrClNO2. The van der Waals surface area contributed by atoms with Gasteiger partial charge in [0.05, 0.1) is 17.5 Å². The first-order valence-corrected chi connectivity index (χ1v) is 6.72. The molecule has 0 aliphatic carbocycles. The van der Waals surface area contributed by atoms with Gasteiger partial charge in [-0.25, -0.2) is 0 Å². The number of benzene rings is 1. The zero-order chi connectivity index (χ0) is 12.8. The van der Waals surface area contributed by atoms with Crippen molar-refractivity contribution in [2.75, 3.05) is 13.2 Å². The van der Waals surface area contributed by atoms with Gasteiger partial charge < -0.3 is 14.5 Å². The van der Waals surface area contributed by atoms with Gasteiger partial charge in [0.25, 0.3) is 0 Å². The van der Waals surface area contributed by atoms with Crippen molar-refractivity contribution in [1.82, 2.24) is 5.32 Å². The highest BCUT2D eigenvalue weighted by Crippen LogP contribution is 2.27. The van der Waals surface area contributed by atoms with E-state index >= 15 is 0 Å². The number of furan rings is 1. The fourth-order valence-corrected chi connectivity index (χ4v) is 2.18. The molecule has 96 valence electrons. The molecule has 3 nitrogen and oxygen atoms in total. The van der Waals surface area contributed by atoms with Crippen molar-refractivity contribution >= 4 is 27.5 Å². The lowest BCUT2D eigenvalue weighted by Crippen LogP contribution is -2.20. The molecule has 2 aromatic rings. The van der Waals surface area contributed by atoms with Gasteiger partial charge in [-0.1, -0.05) is 27.5 Å². The Labute approximate surface area is 119 Å². The van der Waals surface area contributed by atoms with E-state index in [0.717, 1.165) is 23.1 Å². The van der Waals surface area contributed by atoms with Gasteiger partial charge >= 0.3 is 0 Å². The first-order valence-electron chi connectivity index (χ1n) is 5.55. The standard InChI is InChI=1S/C13H13BrClNO2/c14-11-1-2-13(12(15)7-11)18-6-4-16-8-10-3-5-17-9-10/h1-3,5,7,9,16H,4,6,8H2. The van der Waals surface area contributed by atoms with Crippen molar-refractivity contribution in [3.8, 4) is 5.75 Å². The zero-order valence-corrected chi connectivity index (χ0v) is 12.0. The molecule has 0 aliphatic heterocycles. The minimum atomic E-state index is 0.569. The fourth-order valence-electron chi connectivity index (χ4n) is 1.45. The lowest BCUT2D eigenvalue weighted by molar-refractivity contribution is 0.313. The Hall–Kier alpha value is -0.970. The molecule has 2 rings (SSSR count). The van der Waals surface area contributed by atoms with Crippen molar-refractivity contribution in [3.05, 3.63) is 51.9 Å². The summed E-state index contributed by atoms with van der Waals surface area (Å²) in [5.41, 5.74) is 1.12. The summed E-state index contributed by atoms with van der Waals surface area (Å²) < 4.78 is 11.5. The van der Waals surface area contributed by atoms with Gasteiger partial charge in [0.2, 0.25) is 0 Å². The largest absolute Gasteiger partial charge is 0.491 e. The van der Waals surface area contributed by atoms with Crippen LogP contribution in [0.1, 0.15) is 5.56 Å². The molecular weight excluding hydrogens is 318 g/mol. The summed E-state index contributed by atoms with van der Waals surface area (Å²) in [4.78, 5) is 0. The second-order valence-electron chi connectivity index (χ2n) is 3.73. The average Bonchev–Trinajstić information content (AvgIpc) is 2.84. The van der Waals surface area contributed by atoms with Crippen LogP contribution >= 0.6 is 27.5 Å². The Balaban J connectivity index is 1.69. The van der Waals surface area contributed by atoms with Gasteiger partial charge in [0.15, 0.2) is 0 Å². The molecule has 0 radical (unpaired) electrons. The average molecular weight is 331 g/mol. The first kappa shape index (κ1) is 13.5.